The van der Waals surface area contributed by atoms with E-state index in [0.717, 1.165) is 17.9 Å². The molecule has 0 radical (unpaired) electrons. The Morgan fingerprint density at radius 1 is 1.11 bits per heavy atom. The summed E-state index contributed by atoms with van der Waals surface area (Å²) in [7, 11) is -6.12. The summed E-state index contributed by atoms with van der Waals surface area (Å²) in [6.45, 7) is 0.391. The van der Waals surface area contributed by atoms with Gasteiger partial charge in [0.2, 0.25) is 10.0 Å². The Hall–Kier alpha value is -2.33. The Labute approximate surface area is 157 Å². The van der Waals surface area contributed by atoms with Crippen molar-refractivity contribution in [3.63, 3.8) is 0 Å². The molecule has 0 unspecified atom stereocenters. The maximum atomic E-state index is 13.8. The fourth-order valence-corrected chi connectivity index (χ4v) is 5.06. The number of anilines is 2. The van der Waals surface area contributed by atoms with Crippen LogP contribution in [0.3, 0.4) is 0 Å². The standard InChI is InChI=1S/C17H19FN2O5S2/c1-25-17-8-6-14(11-15(17)18)27(23,24)19-13-5-7-16-12(10-13)4-3-9-20(16)26(2,21)22/h5-8,10-11,19H,3-4,9H2,1-2H3. The predicted octanol–water partition coefficient (Wildman–Crippen LogP) is 2.35. The number of aryl methyl sites for hydroxylation is 1. The minimum atomic E-state index is -4.01. The van der Waals surface area contributed by atoms with E-state index in [2.05, 4.69) is 4.72 Å². The first kappa shape index (κ1) is 19.4. The van der Waals surface area contributed by atoms with Gasteiger partial charge in [0, 0.05) is 12.2 Å². The molecule has 7 nitrogen and oxygen atoms in total. The average Bonchev–Trinajstić information content (AvgIpc) is 2.59. The fraction of sp³-hybridized carbons (Fsp3) is 0.294. The van der Waals surface area contributed by atoms with Crippen molar-refractivity contribution < 1.29 is 26.0 Å². The fourth-order valence-electron chi connectivity index (χ4n) is 3.00. The van der Waals surface area contributed by atoms with Crippen molar-refractivity contribution in [2.24, 2.45) is 0 Å². The Morgan fingerprint density at radius 2 is 1.85 bits per heavy atom. The first-order chi connectivity index (χ1) is 12.6. The van der Waals surface area contributed by atoms with Gasteiger partial charge in [-0.05, 0) is 54.8 Å². The van der Waals surface area contributed by atoms with Gasteiger partial charge in [-0.1, -0.05) is 0 Å². The SMILES string of the molecule is COc1ccc(S(=O)(=O)Nc2ccc3c(c2)CCCN3S(C)(=O)=O)cc1F. The molecule has 27 heavy (non-hydrogen) atoms. The van der Waals surface area contributed by atoms with Gasteiger partial charge in [-0.15, -0.1) is 0 Å². The van der Waals surface area contributed by atoms with Crippen molar-refractivity contribution in [1.29, 1.82) is 0 Å². The molecule has 1 aliphatic rings. The zero-order valence-electron chi connectivity index (χ0n) is 14.8. The molecule has 0 aliphatic carbocycles. The Morgan fingerprint density at radius 3 is 2.48 bits per heavy atom. The molecule has 0 bridgehead atoms. The quantitative estimate of drug-likeness (QED) is 0.811. The van der Waals surface area contributed by atoms with Crippen molar-refractivity contribution in [2.75, 3.05) is 28.9 Å². The summed E-state index contributed by atoms with van der Waals surface area (Å²) in [4.78, 5) is -0.240. The molecule has 3 rings (SSSR count). The van der Waals surface area contributed by atoms with Crippen LogP contribution in [-0.4, -0.2) is 36.7 Å². The summed E-state index contributed by atoms with van der Waals surface area (Å²) in [5, 5.41) is 0. The molecule has 1 aliphatic heterocycles. The third kappa shape index (κ3) is 4.01. The Kier molecular flexibility index (Phi) is 5.04. The normalized spacial score (nSPS) is 14.6. The van der Waals surface area contributed by atoms with Gasteiger partial charge < -0.3 is 4.74 Å². The summed E-state index contributed by atoms with van der Waals surface area (Å²) < 4.78 is 71.2. The lowest BCUT2D eigenvalue weighted by atomic mass is 10.0. The van der Waals surface area contributed by atoms with Crippen molar-refractivity contribution in [1.82, 2.24) is 0 Å². The number of benzene rings is 2. The van der Waals surface area contributed by atoms with E-state index in [1.54, 1.807) is 12.1 Å². The summed E-state index contributed by atoms with van der Waals surface area (Å²) in [5.74, 6) is -0.835. The van der Waals surface area contributed by atoms with Gasteiger partial charge in [0.15, 0.2) is 11.6 Å². The number of nitrogens with one attached hydrogen (secondary N) is 1. The maximum Gasteiger partial charge on any atom is 0.262 e. The number of hydrogen-bond acceptors (Lipinski definition) is 5. The highest BCUT2D eigenvalue weighted by Gasteiger charge is 2.25. The monoisotopic (exact) mass is 414 g/mol. The van der Waals surface area contributed by atoms with Crippen LogP contribution in [0, 0.1) is 5.82 Å². The minimum absolute atomic E-state index is 0.0522. The van der Waals surface area contributed by atoms with Gasteiger partial charge >= 0.3 is 0 Å². The van der Waals surface area contributed by atoms with Gasteiger partial charge in [0.05, 0.1) is 23.9 Å². The first-order valence-electron chi connectivity index (χ1n) is 8.09. The molecule has 0 aromatic heterocycles. The van der Waals surface area contributed by atoms with E-state index in [1.165, 1.54) is 29.6 Å². The first-order valence-corrected chi connectivity index (χ1v) is 11.4. The second-order valence-corrected chi connectivity index (χ2v) is 9.77. The van der Waals surface area contributed by atoms with Crippen LogP contribution in [-0.2, 0) is 26.5 Å². The lowest BCUT2D eigenvalue weighted by Crippen LogP contribution is -2.34. The van der Waals surface area contributed by atoms with Crippen molar-refractivity contribution in [3.05, 3.63) is 47.8 Å². The molecule has 2 aromatic carbocycles. The lowest BCUT2D eigenvalue weighted by Gasteiger charge is -2.29. The molecule has 146 valence electrons. The van der Waals surface area contributed by atoms with Gasteiger partial charge in [-0.3, -0.25) is 9.03 Å². The number of methoxy groups -OCH3 is 1. The molecule has 0 fully saturated rings. The van der Waals surface area contributed by atoms with Gasteiger partial charge in [-0.25, -0.2) is 21.2 Å². The molecule has 0 spiro atoms. The smallest absolute Gasteiger partial charge is 0.262 e. The highest BCUT2D eigenvalue weighted by atomic mass is 32.2. The number of ether oxygens (including phenoxy) is 1. The van der Waals surface area contributed by atoms with Crippen LogP contribution in [0.4, 0.5) is 15.8 Å². The van der Waals surface area contributed by atoms with Gasteiger partial charge in [-0.2, -0.15) is 0 Å². The molecule has 0 amide bonds. The van der Waals surface area contributed by atoms with Crippen LogP contribution >= 0.6 is 0 Å². The van der Waals surface area contributed by atoms with Crippen LogP contribution in [0.25, 0.3) is 0 Å². The molecular formula is C17H19FN2O5S2. The third-order valence-electron chi connectivity index (χ3n) is 4.24. The van der Waals surface area contributed by atoms with E-state index in [-0.39, 0.29) is 16.3 Å². The van der Waals surface area contributed by atoms with Crippen LogP contribution in [0.1, 0.15) is 12.0 Å². The molecule has 0 saturated heterocycles. The minimum Gasteiger partial charge on any atom is -0.494 e. The summed E-state index contributed by atoms with van der Waals surface area (Å²) in [6.07, 6.45) is 2.41. The largest absolute Gasteiger partial charge is 0.494 e. The van der Waals surface area contributed by atoms with E-state index in [1.807, 2.05) is 0 Å². The molecule has 1 N–H and O–H groups in total. The third-order valence-corrected chi connectivity index (χ3v) is 6.80. The zero-order chi connectivity index (χ0) is 19.8. The van der Waals surface area contributed by atoms with E-state index < -0.39 is 25.9 Å². The number of hydrogen-bond donors (Lipinski definition) is 1. The number of sulfonamides is 2. The molecule has 1 heterocycles. The average molecular weight is 414 g/mol. The van der Waals surface area contributed by atoms with E-state index in [4.69, 9.17) is 4.74 Å². The summed E-state index contributed by atoms with van der Waals surface area (Å²) in [5.41, 5.74) is 1.55. The number of nitrogens with zero attached hydrogens (tertiary/aromatic N) is 1. The predicted molar refractivity (Wildman–Crippen MR) is 101 cm³/mol. The molecule has 0 saturated carbocycles. The lowest BCUT2D eigenvalue weighted by molar-refractivity contribution is 0.385. The van der Waals surface area contributed by atoms with Crippen molar-refractivity contribution in [2.45, 2.75) is 17.7 Å². The highest BCUT2D eigenvalue weighted by molar-refractivity contribution is 7.92. The topological polar surface area (TPSA) is 92.8 Å². The van der Waals surface area contributed by atoms with Crippen LogP contribution in [0.5, 0.6) is 5.75 Å². The Balaban J connectivity index is 1.91. The van der Waals surface area contributed by atoms with E-state index in [0.29, 0.717) is 25.1 Å². The molecule has 10 heteroatoms. The maximum absolute atomic E-state index is 13.8. The van der Waals surface area contributed by atoms with Crippen LogP contribution in [0.15, 0.2) is 41.3 Å². The number of halogens is 1. The van der Waals surface area contributed by atoms with E-state index in [9.17, 15) is 21.2 Å². The Bertz CT molecular complexity index is 1080. The number of fused-ring (bicyclic) bond motifs is 1. The van der Waals surface area contributed by atoms with Gasteiger partial charge in [0.25, 0.3) is 10.0 Å². The molecule has 2 aromatic rings. The highest BCUT2D eigenvalue weighted by Crippen LogP contribution is 2.32. The van der Waals surface area contributed by atoms with Crippen molar-refractivity contribution >= 4 is 31.4 Å². The second-order valence-electron chi connectivity index (χ2n) is 6.18. The number of rotatable bonds is 5. The molecule has 0 atom stereocenters. The van der Waals surface area contributed by atoms with Crippen molar-refractivity contribution in [3.8, 4) is 5.75 Å². The summed E-state index contributed by atoms with van der Waals surface area (Å²) >= 11 is 0. The molecular weight excluding hydrogens is 395 g/mol. The second kappa shape index (κ2) is 7.01. The van der Waals surface area contributed by atoms with E-state index >= 15 is 0 Å². The zero-order valence-corrected chi connectivity index (χ0v) is 16.4. The van der Waals surface area contributed by atoms with Crippen LogP contribution < -0.4 is 13.8 Å². The van der Waals surface area contributed by atoms with Crippen LogP contribution in [0.2, 0.25) is 0 Å². The summed E-state index contributed by atoms with van der Waals surface area (Å²) in [6, 6.07) is 8.02. The van der Waals surface area contributed by atoms with Gasteiger partial charge in [0.1, 0.15) is 0 Å².